The number of ether oxygens (including phenoxy) is 1. The molecule has 0 saturated carbocycles. The third-order valence-corrected chi connectivity index (χ3v) is 3.26. The van der Waals surface area contributed by atoms with Gasteiger partial charge in [0.25, 0.3) is 0 Å². The van der Waals surface area contributed by atoms with E-state index in [2.05, 4.69) is 56.1 Å². The van der Waals surface area contributed by atoms with Crippen molar-refractivity contribution in [2.45, 2.75) is 17.7 Å². The van der Waals surface area contributed by atoms with Crippen LogP contribution in [0.5, 0.6) is 0 Å². The molecule has 0 aromatic heterocycles. The van der Waals surface area contributed by atoms with Crippen LogP contribution in [0.4, 0.5) is 0 Å². The zero-order valence-corrected chi connectivity index (χ0v) is 11.3. The van der Waals surface area contributed by atoms with Crippen molar-refractivity contribution in [3.05, 3.63) is 34.3 Å². The molecule has 1 unspecified atom stereocenters. The van der Waals surface area contributed by atoms with Crippen LogP contribution in [-0.2, 0) is 11.2 Å². The molecule has 1 atom stereocenters. The molecule has 0 spiro atoms. The Balaban J connectivity index is 2.34. The molecule has 0 aliphatic heterocycles. The van der Waals surface area contributed by atoms with Crippen LogP contribution < -0.4 is 0 Å². The molecule has 0 saturated heterocycles. The fourth-order valence-corrected chi connectivity index (χ4v) is 2.00. The minimum Gasteiger partial charge on any atom is -0.384 e. The van der Waals surface area contributed by atoms with E-state index in [4.69, 9.17) is 4.74 Å². The Morgan fingerprint density at radius 3 is 2.50 bits per heavy atom. The van der Waals surface area contributed by atoms with Crippen molar-refractivity contribution < 1.29 is 4.74 Å². The molecule has 0 radical (unpaired) electrons. The largest absolute Gasteiger partial charge is 0.384 e. The van der Waals surface area contributed by atoms with Gasteiger partial charge < -0.3 is 4.74 Å². The summed E-state index contributed by atoms with van der Waals surface area (Å²) in [4.78, 5) is 0.455. The number of hydrogen-bond donors (Lipinski definition) is 0. The number of alkyl halides is 1. The first-order chi connectivity index (χ1) is 6.72. The van der Waals surface area contributed by atoms with Gasteiger partial charge in [-0.05, 0) is 30.5 Å². The molecule has 3 heteroatoms. The van der Waals surface area contributed by atoms with Gasteiger partial charge in [-0.15, -0.1) is 0 Å². The second kappa shape index (κ2) is 6.59. The predicted octanol–water partition coefficient (Wildman–Crippen LogP) is 3.79. The normalized spacial score (nSPS) is 12.8. The lowest BCUT2D eigenvalue weighted by atomic mass is 10.1. The van der Waals surface area contributed by atoms with E-state index in [0.717, 1.165) is 23.9 Å². The van der Waals surface area contributed by atoms with Gasteiger partial charge in [0.2, 0.25) is 0 Å². The molecule has 1 nitrogen and oxygen atoms in total. The molecule has 1 aromatic rings. The lowest BCUT2D eigenvalue weighted by Crippen LogP contribution is -2.07. The summed E-state index contributed by atoms with van der Waals surface area (Å²) < 4.78 is 6.19. The second-order valence-corrected chi connectivity index (χ2v) is 5.43. The number of halogens is 2. The van der Waals surface area contributed by atoms with Crippen molar-refractivity contribution >= 4 is 31.9 Å². The second-order valence-electron chi connectivity index (χ2n) is 3.22. The summed E-state index contributed by atoms with van der Waals surface area (Å²) >= 11 is 7.00. The Morgan fingerprint density at radius 2 is 1.93 bits per heavy atom. The molecule has 0 fully saturated rings. The minimum atomic E-state index is 0.455. The zero-order chi connectivity index (χ0) is 10.4. The average molecular weight is 322 g/mol. The first-order valence-corrected chi connectivity index (χ1v) is 6.30. The molecule has 0 aliphatic rings. The summed E-state index contributed by atoms with van der Waals surface area (Å²) in [5, 5.41) is 0. The topological polar surface area (TPSA) is 9.23 Å². The van der Waals surface area contributed by atoms with E-state index >= 15 is 0 Å². The highest BCUT2D eigenvalue weighted by Crippen LogP contribution is 2.14. The first-order valence-electron chi connectivity index (χ1n) is 4.60. The molecule has 0 heterocycles. The quantitative estimate of drug-likeness (QED) is 0.750. The van der Waals surface area contributed by atoms with Crippen molar-refractivity contribution in [3.63, 3.8) is 0 Å². The fraction of sp³-hybridized carbons (Fsp3) is 0.455. The average Bonchev–Trinajstić information content (AvgIpc) is 2.17. The van der Waals surface area contributed by atoms with Crippen LogP contribution in [0, 0.1) is 0 Å². The van der Waals surface area contributed by atoms with E-state index in [-0.39, 0.29) is 0 Å². The van der Waals surface area contributed by atoms with Gasteiger partial charge in [0.05, 0.1) is 6.61 Å². The Kier molecular flexibility index (Phi) is 5.75. The standard InChI is InChI=1S/C11H14Br2O/c1-14-8-11(13)7-4-9-2-5-10(12)6-3-9/h2-3,5-6,11H,4,7-8H2,1H3. The van der Waals surface area contributed by atoms with Crippen LogP contribution in [0.25, 0.3) is 0 Å². The van der Waals surface area contributed by atoms with Crippen molar-refractivity contribution in [2.24, 2.45) is 0 Å². The van der Waals surface area contributed by atoms with E-state index < -0.39 is 0 Å². The molecular formula is C11H14Br2O. The van der Waals surface area contributed by atoms with Gasteiger partial charge in [-0.3, -0.25) is 0 Å². The molecule has 14 heavy (non-hydrogen) atoms. The first kappa shape index (κ1) is 12.2. The van der Waals surface area contributed by atoms with Crippen molar-refractivity contribution in [2.75, 3.05) is 13.7 Å². The van der Waals surface area contributed by atoms with Crippen LogP contribution in [0.2, 0.25) is 0 Å². The SMILES string of the molecule is COCC(Br)CCc1ccc(Br)cc1. The maximum absolute atomic E-state index is 5.06. The number of hydrogen-bond acceptors (Lipinski definition) is 1. The summed E-state index contributed by atoms with van der Waals surface area (Å²) in [5.74, 6) is 0. The monoisotopic (exact) mass is 320 g/mol. The van der Waals surface area contributed by atoms with Crippen molar-refractivity contribution in [1.29, 1.82) is 0 Å². The summed E-state index contributed by atoms with van der Waals surface area (Å²) in [5.41, 5.74) is 1.37. The van der Waals surface area contributed by atoms with Gasteiger partial charge in [0.1, 0.15) is 0 Å². The van der Waals surface area contributed by atoms with Gasteiger partial charge in [-0.1, -0.05) is 44.0 Å². The summed E-state index contributed by atoms with van der Waals surface area (Å²) in [6.45, 7) is 0.774. The predicted molar refractivity (Wildman–Crippen MR) is 67.1 cm³/mol. The smallest absolute Gasteiger partial charge is 0.0587 e. The maximum atomic E-state index is 5.06. The van der Waals surface area contributed by atoms with Crippen LogP contribution in [0.3, 0.4) is 0 Å². The molecule has 0 N–H and O–H groups in total. The summed E-state index contributed by atoms with van der Waals surface area (Å²) in [7, 11) is 1.73. The Morgan fingerprint density at radius 1 is 1.29 bits per heavy atom. The third-order valence-electron chi connectivity index (χ3n) is 2.01. The fourth-order valence-electron chi connectivity index (χ4n) is 1.24. The Hall–Kier alpha value is 0.140. The van der Waals surface area contributed by atoms with Crippen LogP contribution in [0.1, 0.15) is 12.0 Å². The van der Waals surface area contributed by atoms with Crippen LogP contribution in [-0.4, -0.2) is 18.5 Å². The van der Waals surface area contributed by atoms with Gasteiger partial charge >= 0.3 is 0 Å². The Labute approximate surface area is 102 Å². The van der Waals surface area contributed by atoms with E-state index in [0.29, 0.717) is 4.83 Å². The highest BCUT2D eigenvalue weighted by atomic mass is 79.9. The van der Waals surface area contributed by atoms with Gasteiger partial charge in [-0.2, -0.15) is 0 Å². The summed E-state index contributed by atoms with van der Waals surface area (Å²) in [6.07, 6.45) is 2.20. The lowest BCUT2D eigenvalue weighted by Gasteiger charge is -2.08. The number of rotatable bonds is 5. The molecular weight excluding hydrogens is 308 g/mol. The molecule has 0 bridgehead atoms. The van der Waals surface area contributed by atoms with Crippen LogP contribution in [0.15, 0.2) is 28.7 Å². The number of aryl methyl sites for hydroxylation is 1. The van der Waals surface area contributed by atoms with E-state index in [9.17, 15) is 0 Å². The summed E-state index contributed by atoms with van der Waals surface area (Å²) in [6, 6.07) is 8.46. The van der Waals surface area contributed by atoms with Gasteiger partial charge in [0.15, 0.2) is 0 Å². The Bertz CT molecular complexity index is 258. The van der Waals surface area contributed by atoms with Crippen molar-refractivity contribution in [3.8, 4) is 0 Å². The maximum Gasteiger partial charge on any atom is 0.0587 e. The minimum absolute atomic E-state index is 0.455. The molecule has 0 amide bonds. The van der Waals surface area contributed by atoms with Gasteiger partial charge in [-0.25, -0.2) is 0 Å². The lowest BCUT2D eigenvalue weighted by molar-refractivity contribution is 0.198. The highest BCUT2D eigenvalue weighted by Gasteiger charge is 2.03. The molecule has 78 valence electrons. The molecule has 1 aromatic carbocycles. The van der Waals surface area contributed by atoms with E-state index in [1.165, 1.54) is 5.56 Å². The molecule has 0 aliphatic carbocycles. The van der Waals surface area contributed by atoms with E-state index in [1.54, 1.807) is 7.11 Å². The molecule has 1 rings (SSSR count). The van der Waals surface area contributed by atoms with E-state index in [1.807, 2.05) is 0 Å². The number of benzene rings is 1. The number of methoxy groups -OCH3 is 1. The zero-order valence-electron chi connectivity index (χ0n) is 8.17. The van der Waals surface area contributed by atoms with Crippen molar-refractivity contribution in [1.82, 2.24) is 0 Å². The van der Waals surface area contributed by atoms with Crippen LogP contribution >= 0.6 is 31.9 Å². The highest BCUT2D eigenvalue weighted by molar-refractivity contribution is 9.10. The van der Waals surface area contributed by atoms with Gasteiger partial charge in [0, 0.05) is 16.4 Å². The third kappa shape index (κ3) is 4.58.